The summed E-state index contributed by atoms with van der Waals surface area (Å²) >= 11 is 6.11. The average molecular weight is 488 g/mol. The summed E-state index contributed by atoms with van der Waals surface area (Å²) in [6, 6.07) is 11.2. The predicted octanol–water partition coefficient (Wildman–Crippen LogP) is 3.98. The van der Waals surface area contributed by atoms with Gasteiger partial charge in [0.15, 0.2) is 5.78 Å². The SMILES string of the molecule is C[C@@H]1CN(c2ccc(S(=O)(=O)Nc3ccc(Cl)cc3C(=O)C3=CCNC=C3)cc2)C[C@H](C)O1. The molecule has 2 aliphatic heterocycles. The van der Waals surface area contributed by atoms with E-state index in [0.717, 1.165) is 18.8 Å². The second-order valence-electron chi connectivity index (χ2n) is 8.18. The van der Waals surface area contributed by atoms with Gasteiger partial charge >= 0.3 is 0 Å². The summed E-state index contributed by atoms with van der Waals surface area (Å²) in [6.07, 6.45) is 5.28. The van der Waals surface area contributed by atoms with Crippen LogP contribution in [0.2, 0.25) is 5.02 Å². The van der Waals surface area contributed by atoms with Crippen molar-refractivity contribution in [1.82, 2.24) is 5.32 Å². The van der Waals surface area contributed by atoms with Crippen LogP contribution in [-0.4, -0.2) is 46.0 Å². The van der Waals surface area contributed by atoms with Crippen LogP contribution in [0.3, 0.4) is 0 Å². The summed E-state index contributed by atoms with van der Waals surface area (Å²) in [5.41, 5.74) is 1.77. The molecule has 2 heterocycles. The highest BCUT2D eigenvalue weighted by molar-refractivity contribution is 7.92. The van der Waals surface area contributed by atoms with E-state index >= 15 is 0 Å². The first kappa shape index (κ1) is 23.4. The number of benzene rings is 2. The standard InChI is InChI=1S/C24H26ClN3O4S/c1-16-14-28(15-17(2)32-16)20-4-6-21(7-5-20)33(30,31)27-23-8-3-19(25)13-22(23)24(29)18-9-11-26-12-10-18/h3-11,13,16-17,26-27H,12,14-15H2,1-2H3/t16-,17+. The molecular formula is C24H26ClN3O4S. The Morgan fingerprint density at radius 2 is 1.82 bits per heavy atom. The molecule has 2 N–H and O–H groups in total. The second-order valence-corrected chi connectivity index (χ2v) is 10.3. The van der Waals surface area contributed by atoms with Crippen molar-refractivity contribution in [2.24, 2.45) is 0 Å². The first-order chi connectivity index (χ1) is 15.7. The maximum absolute atomic E-state index is 13.1. The number of carbonyl (C=O) groups is 1. The number of dihydropyridines is 1. The Morgan fingerprint density at radius 1 is 1.12 bits per heavy atom. The topological polar surface area (TPSA) is 87.7 Å². The lowest BCUT2D eigenvalue weighted by Crippen LogP contribution is -2.45. The van der Waals surface area contributed by atoms with Crippen LogP contribution in [0.25, 0.3) is 0 Å². The lowest BCUT2D eigenvalue weighted by molar-refractivity contribution is -0.00522. The van der Waals surface area contributed by atoms with Gasteiger partial charge in [0, 0.05) is 41.5 Å². The molecule has 2 aliphatic rings. The molecule has 1 fully saturated rings. The Labute approximate surface area is 199 Å². The molecule has 33 heavy (non-hydrogen) atoms. The number of hydrogen-bond acceptors (Lipinski definition) is 6. The molecule has 2 atom stereocenters. The van der Waals surface area contributed by atoms with Crippen molar-refractivity contribution in [2.45, 2.75) is 31.0 Å². The van der Waals surface area contributed by atoms with Crippen molar-refractivity contribution < 1.29 is 17.9 Å². The van der Waals surface area contributed by atoms with Gasteiger partial charge in [-0.15, -0.1) is 0 Å². The Balaban J connectivity index is 1.57. The summed E-state index contributed by atoms with van der Waals surface area (Å²) in [6.45, 7) is 6.04. The van der Waals surface area contributed by atoms with E-state index in [4.69, 9.17) is 16.3 Å². The molecule has 4 rings (SSSR count). The number of sulfonamides is 1. The number of hydrogen-bond donors (Lipinski definition) is 2. The predicted molar refractivity (Wildman–Crippen MR) is 130 cm³/mol. The monoisotopic (exact) mass is 487 g/mol. The van der Waals surface area contributed by atoms with Gasteiger partial charge in [-0.2, -0.15) is 0 Å². The normalized spacial score (nSPS) is 20.7. The van der Waals surface area contributed by atoms with Crippen molar-refractivity contribution in [3.05, 3.63) is 77.0 Å². The number of rotatable bonds is 6. The van der Waals surface area contributed by atoms with E-state index in [1.807, 2.05) is 13.8 Å². The third-order valence-electron chi connectivity index (χ3n) is 5.49. The molecule has 2 aromatic carbocycles. The zero-order valence-corrected chi connectivity index (χ0v) is 20.0. The van der Waals surface area contributed by atoms with Crippen LogP contribution >= 0.6 is 11.6 Å². The third kappa shape index (κ3) is 5.40. The lowest BCUT2D eigenvalue weighted by atomic mass is 10.0. The first-order valence-corrected chi connectivity index (χ1v) is 12.6. The fourth-order valence-electron chi connectivity index (χ4n) is 4.00. The van der Waals surface area contributed by atoms with Crippen LogP contribution in [0.15, 0.2) is 71.3 Å². The Hall–Kier alpha value is -2.81. The van der Waals surface area contributed by atoms with E-state index in [9.17, 15) is 13.2 Å². The van der Waals surface area contributed by atoms with Crippen LogP contribution in [0.5, 0.6) is 0 Å². The number of carbonyl (C=O) groups excluding carboxylic acids is 1. The van der Waals surface area contributed by atoms with Crippen molar-refractivity contribution in [2.75, 3.05) is 29.3 Å². The van der Waals surface area contributed by atoms with E-state index in [0.29, 0.717) is 17.1 Å². The highest BCUT2D eigenvalue weighted by atomic mass is 35.5. The number of ether oxygens (including phenoxy) is 1. The van der Waals surface area contributed by atoms with Crippen LogP contribution in [0, 0.1) is 0 Å². The number of anilines is 2. The van der Waals surface area contributed by atoms with Gasteiger partial charge in [0.25, 0.3) is 10.0 Å². The molecule has 9 heteroatoms. The maximum Gasteiger partial charge on any atom is 0.261 e. The van der Waals surface area contributed by atoms with E-state index in [-0.39, 0.29) is 34.1 Å². The smallest absolute Gasteiger partial charge is 0.261 e. The highest BCUT2D eigenvalue weighted by Crippen LogP contribution is 2.28. The summed E-state index contributed by atoms with van der Waals surface area (Å²) in [5.74, 6) is -0.307. The van der Waals surface area contributed by atoms with Crippen LogP contribution in [0.1, 0.15) is 24.2 Å². The summed E-state index contributed by atoms with van der Waals surface area (Å²) in [5, 5.41) is 3.33. The quantitative estimate of drug-likeness (QED) is 0.599. The summed E-state index contributed by atoms with van der Waals surface area (Å²) in [7, 11) is -3.92. The van der Waals surface area contributed by atoms with Gasteiger partial charge in [-0.3, -0.25) is 9.52 Å². The van der Waals surface area contributed by atoms with Gasteiger partial charge < -0.3 is 15.0 Å². The van der Waals surface area contributed by atoms with Gasteiger partial charge in [-0.25, -0.2) is 8.42 Å². The van der Waals surface area contributed by atoms with Crippen molar-refractivity contribution >= 4 is 38.8 Å². The molecule has 0 amide bonds. The summed E-state index contributed by atoms with van der Waals surface area (Å²) < 4.78 is 34.5. The summed E-state index contributed by atoms with van der Waals surface area (Å²) in [4.78, 5) is 15.3. The van der Waals surface area contributed by atoms with Crippen molar-refractivity contribution in [3.8, 4) is 0 Å². The van der Waals surface area contributed by atoms with E-state index < -0.39 is 10.0 Å². The molecule has 7 nitrogen and oxygen atoms in total. The fourth-order valence-corrected chi connectivity index (χ4v) is 5.25. The van der Waals surface area contributed by atoms with Gasteiger partial charge in [-0.1, -0.05) is 17.7 Å². The number of halogens is 1. The van der Waals surface area contributed by atoms with E-state index in [1.54, 1.807) is 48.7 Å². The first-order valence-electron chi connectivity index (χ1n) is 10.7. The minimum Gasteiger partial charge on any atom is -0.387 e. The van der Waals surface area contributed by atoms with Gasteiger partial charge in [-0.05, 0) is 68.6 Å². The Bertz CT molecular complexity index is 1200. The van der Waals surface area contributed by atoms with E-state index in [1.165, 1.54) is 12.1 Å². The van der Waals surface area contributed by atoms with Gasteiger partial charge in [0.2, 0.25) is 0 Å². The Morgan fingerprint density at radius 3 is 2.45 bits per heavy atom. The molecule has 2 aromatic rings. The number of nitrogens with zero attached hydrogens (tertiary/aromatic N) is 1. The zero-order chi connectivity index (χ0) is 23.6. The van der Waals surface area contributed by atoms with Crippen LogP contribution in [0.4, 0.5) is 11.4 Å². The third-order valence-corrected chi connectivity index (χ3v) is 7.10. The molecule has 0 unspecified atom stereocenters. The van der Waals surface area contributed by atoms with E-state index in [2.05, 4.69) is 14.9 Å². The molecule has 0 aliphatic carbocycles. The van der Waals surface area contributed by atoms with Crippen molar-refractivity contribution in [1.29, 1.82) is 0 Å². The Kier molecular flexibility index (Phi) is 6.78. The molecule has 0 saturated carbocycles. The van der Waals surface area contributed by atoms with Gasteiger partial charge in [0.1, 0.15) is 0 Å². The largest absolute Gasteiger partial charge is 0.387 e. The minimum atomic E-state index is -3.92. The number of Topliss-reactive ketones (excluding diaryl/α,β-unsaturated/α-hetero) is 1. The molecule has 0 spiro atoms. The molecular weight excluding hydrogens is 462 g/mol. The average Bonchev–Trinajstić information content (AvgIpc) is 2.80. The van der Waals surface area contributed by atoms with Crippen LogP contribution in [-0.2, 0) is 14.8 Å². The molecule has 174 valence electrons. The van der Waals surface area contributed by atoms with Crippen LogP contribution < -0.4 is 14.9 Å². The molecule has 1 saturated heterocycles. The number of allylic oxidation sites excluding steroid dienone is 2. The number of nitrogens with one attached hydrogen (secondary N) is 2. The molecule has 0 aromatic heterocycles. The highest BCUT2D eigenvalue weighted by Gasteiger charge is 2.24. The maximum atomic E-state index is 13.1. The molecule has 0 bridgehead atoms. The number of ketones is 1. The van der Waals surface area contributed by atoms with Crippen molar-refractivity contribution in [3.63, 3.8) is 0 Å². The zero-order valence-electron chi connectivity index (χ0n) is 18.4. The second kappa shape index (κ2) is 9.59. The molecule has 0 radical (unpaired) electrons. The lowest BCUT2D eigenvalue weighted by Gasteiger charge is -2.36. The number of morpholine rings is 1. The minimum absolute atomic E-state index is 0.101. The van der Waals surface area contributed by atoms with Gasteiger partial charge in [0.05, 0.1) is 22.8 Å². The fraction of sp³-hybridized carbons (Fsp3) is 0.292.